The molecule has 23 heteroatoms. The number of hydrogen-bond acceptors (Lipinski definition) is 16. The van der Waals surface area contributed by atoms with Crippen molar-refractivity contribution >= 4 is 86.4 Å². The van der Waals surface area contributed by atoms with Gasteiger partial charge in [0.05, 0.1) is 42.3 Å². The molecule has 2 saturated heterocycles. The number of hydrogen-bond donors (Lipinski definition) is 5. The molecule has 4 bridgehead atoms. The van der Waals surface area contributed by atoms with Gasteiger partial charge in [-0.2, -0.15) is 0 Å². The molecule has 0 radical (unpaired) electrons. The van der Waals surface area contributed by atoms with Gasteiger partial charge in [0.25, 0.3) is 5.91 Å². The number of amides is 5. The van der Waals surface area contributed by atoms with Crippen molar-refractivity contribution in [3.05, 3.63) is 93.6 Å². The summed E-state index contributed by atoms with van der Waals surface area (Å²) in [5.74, 6) is -6.54. The van der Waals surface area contributed by atoms with Gasteiger partial charge in [0.1, 0.15) is 47.1 Å². The van der Waals surface area contributed by atoms with E-state index in [4.69, 9.17) is 41.0 Å². The van der Waals surface area contributed by atoms with Crippen molar-refractivity contribution < 1.29 is 77.0 Å². The van der Waals surface area contributed by atoms with E-state index >= 15 is 0 Å². The van der Waals surface area contributed by atoms with Crippen LogP contribution in [-0.4, -0.2) is 156 Å². The molecule has 472 valence electrons. The van der Waals surface area contributed by atoms with Gasteiger partial charge in [-0.15, -0.1) is 0 Å². The van der Waals surface area contributed by atoms with Gasteiger partial charge in [0.2, 0.25) is 11.8 Å². The average molecular weight is 1280 g/mol. The number of aliphatic hydroxyl groups is 1. The number of allylic oxidation sites excluding steroid dienone is 3. The normalized spacial score (nSPS) is 24.3. The zero-order valence-corrected chi connectivity index (χ0v) is 53.3. The van der Waals surface area contributed by atoms with Crippen LogP contribution in [0, 0.1) is 24.7 Å². The minimum Gasteiger partial charge on any atom is -0.508 e. The predicted octanol–water partition coefficient (Wildman–Crippen LogP) is 7.41. The molecule has 0 spiro atoms. The highest BCUT2D eigenvalue weighted by molar-refractivity contribution is 9.09. The van der Waals surface area contributed by atoms with E-state index in [1.165, 1.54) is 38.1 Å². The first-order valence-corrected chi connectivity index (χ1v) is 30.5. The zero-order valence-electron chi connectivity index (χ0n) is 51.0. The van der Waals surface area contributed by atoms with Crippen LogP contribution in [0.4, 0.5) is 10.5 Å². The summed E-state index contributed by atoms with van der Waals surface area (Å²) >= 11 is 10.0. The van der Waals surface area contributed by atoms with Crippen LogP contribution in [0.15, 0.2) is 66.3 Å². The standard InChI is InChI=1S/C63H85BrClN5O16/c1-35(2)45(30-44(71)18-13-12-14-24-83-59(78)38(5)34-64)57(76)68-46(19-16-23-67-61(66)80)49(73)28-42-21-22-43(29-48(42)72)58(77)69(9)40(7)60(79)85-52-31-53(74)70(10)47-27-41(26-37(4)55(47)65)25-36(3)17-15-20-51(82-11)63(81)32-50(84-54(75)33-63)39(6)56-62(52,8)86-56/h15,17,20-22,26-27,29,35,39-40,45-46,50-52,56,72,81H,5,12-14,16,18-19,23-25,28,30-34H2,1-4,6-11H3,(H,68,76)(H3,66,67,80)/b20-15+,36-17+/t39-,40+,45+,46+,50+,51-,52+,56+,62+,63-/m1/s1. The van der Waals surface area contributed by atoms with Crippen molar-refractivity contribution in [2.75, 3.05) is 44.6 Å². The average Bonchev–Trinajstić information content (AvgIpc) is 2.66. The van der Waals surface area contributed by atoms with Crippen LogP contribution in [0.25, 0.3) is 0 Å². The van der Waals surface area contributed by atoms with Crippen LogP contribution < -0.4 is 21.3 Å². The number of likely N-dealkylation sites (N-methyl/N-ethyl adjacent to an activating group) is 1. The Labute approximate surface area is 517 Å². The topological polar surface area (TPSA) is 300 Å². The van der Waals surface area contributed by atoms with Crippen molar-refractivity contribution in [2.24, 2.45) is 23.5 Å². The molecule has 5 rings (SSSR count). The summed E-state index contributed by atoms with van der Waals surface area (Å²) < 4.78 is 29.3. The Bertz CT molecular complexity index is 2930. The first-order chi connectivity index (χ1) is 40.4. The Morgan fingerprint density at radius 1 is 1.05 bits per heavy atom. The van der Waals surface area contributed by atoms with Gasteiger partial charge in [-0.25, -0.2) is 14.4 Å². The van der Waals surface area contributed by atoms with Gasteiger partial charge < -0.3 is 60.1 Å². The van der Waals surface area contributed by atoms with Crippen molar-refractivity contribution in [1.29, 1.82) is 0 Å². The number of primary amides is 1. The lowest BCUT2D eigenvalue weighted by Gasteiger charge is -2.41. The lowest BCUT2D eigenvalue weighted by atomic mass is 9.78. The minimum absolute atomic E-state index is 0.0179. The molecule has 0 aromatic heterocycles. The number of nitrogens with two attached hydrogens (primary N) is 1. The Morgan fingerprint density at radius 2 is 1.76 bits per heavy atom. The number of anilines is 1. The minimum atomic E-state index is -1.66. The molecule has 2 fully saturated rings. The number of alkyl halides is 1. The fourth-order valence-corrected chi connectivity index (χ4v) is 11.3. The molecule has 2 aromatic rings. The van der Waals surface area contributed by atoms with Crippen LogP contribution >= 0.6 is 27.5 Å². The number of unbranched alkanes of at least 4 members (excludes halogenated alkanes) is 2. The van der Waals surface area contributed by atoms with Crippen LogP contribution in [0.2, 0.25) is 5.02 Å². The number of phenolic OH excluding ortho intramolecular Hbond substituents is 1. The monoisotopic (exact) mass is 1280 g/mol. The van der Waals surface area contributed by atoms with E-state index in [0.29, 0.717) is 47.3 Å². The molecule has 86 heavy (non-hydrogen) atoms. The number of halogens is 2. The van der Waals surface area contributed by atoms with E-state index in [1.807, 2.05) is 32.1 Å². The Morgan fingerprint density at radius 3 is 2.41 bits per heavy atom. The highest BCUT2D eigenvalue weighted by atomic mass is 79.9. The highest BCUT2D eigenvalue weighted by Crippen LogP contribution is 2.50. The molecule has 2 aromatic carbocycles. The molecule has 0 unspecified atom stereocenters. The second-order valence-electron chi connectivity index (χ2n) is 23.5. The number of rotatable bonds is 25. The van der Waals surface area contributed by atoms with E-state index in [-0.39, 0.29) is 74.5 Å². The number of esters is 3. The third-order valence-corrected chi connectivity index (χ3v) is 17.6. The summed E-state index contributed by atoms with van der Waals surface area (Å²) in [7, 11) is 4.36. The quantitative estimate of drug-likeness (QED) is 0.0161. The number of urea groups is 1. The Balaban J connectivity index is 1.31. The summed E-state index contributed by atoms with van der Waals surface area (Å²) in [4.78, 5) is 123. The van der Waals surface area contributed by atoms with Crippen LogP contribution in [0.3, 0.4) is 0 Å². The third-order valence-electron chi connectivity index (χ3n) is 16.4. The maximum absolute atomic E-state index is 14.5. The summed E-state index contributed by atoms with van der Waals surface area (Å²) in [6, 6.07) is 4.44. The molecule has 3 aliphatic heterocycles. The lowest BCUT2D eigenvalue weighted by molar-refractivity contribution is -0.187. The number of nitrogens with zero attached hydrogens (tertiary/aromatic N) is 2. The molecule has 5 amide bonds. The first-order valence-electron chi connectivity index (χ1n) is 29.0. The fourth-order valence-electron chi connectivity index (χ4n) is 10.8. The van der Waals surface area contributed by atoms with Gasteiger partial charge in [0, 0.05) is 87.3 Å². The maximum Gasteiger partial charge on any atom is 0.334 e. The number of ether oxygens (including phenoxy) is 5. The Hall–Kier alpha value is -6.46. The maximum atomic E-state index is 14.5. The van der Waals surface area contributed by atoms with Gasteiger partial charge in [-0.3, -0.25) is 28.8 Å². The zero-order chi connectivity index (χ0) is 64.0. The van der Waals surface area contributed by atoms with E-state index in [0.717, 1.165) is 27.7 Å². The number of methoxy groups -OCH3 is 1. The number of epoxide rings is 1. The van der Waals surface area contributed by atoms with Crippen molar-refractivity contribution in [1.82, 2.24) is 15.5 Å². The van der Waals surface area contributed by atoms with Gasteiger partial charge in [0.15, 0.2) is 5.78 Å². The summed E-state index contributed by atoms with van der Waals surface area (Å²) in [6.45, 7) is 16.1. The van der Waals surface area contributed by atoms with Gasteiger partial charge in [-0.1, -0.05) is 90.8 Å². The number of benzene rings is 2. The van der Waals surface area contributed by atoms with Crippen LogP contribution in [-0.2, 0) is 70.1 Å². The van der Waals surface area contributed by atoms with Crippen LogP contribution in [0.1, 0.15) is 133 Å². The fraction of sp³-hybridized carbons (Fsp3) is 0.571. The molecule has 6 N–H and O–H groups in total. The molecular formula is C63H85BrClN5O16. The predicted molar refractivity (Wildman–Crippen MR) is 325 cm³/mol. The number of ketones is 2. The molecule has 0 aliphatic carbocycles. The number of aryl methyl sites for hydroxylation is 1. The molecule has 3 aliphatic rings. The molecule has 10 atom stereocenters. The van der Waals surface area contributed by atoms with Crippen molar-refractivity contribution in [3.63, 3.8) is 0 Å². The summed E-state index contributed by atoms with van der Waals surface area (Å²) in [5.41, 5.74) is 5.53. The van der Waals surface area contributed by atoms with E-state index < -0.39 is 126 Å². The largest absolute Gasteiger partial charge is 0.508 e. The molecule has 0 saturated carbocycles. The third kappa shape index (κ3) is 18.8. The number of Topliss-reactive ketones (excluding diaryl/α,β-unsaturated/α-hetero) is 2. The highest BCUT2D eigenvalue weighted by Gasteiger charge is 2.64. The van der Waals surface area contributed by atoms with E-state index in [1.54, 1.807) is 46.9 Å². The van der Waals surface area contributed by atoms with Crippen molar-refractivity contribution in [2.45, 2.75) is 173 Å². The number of phenols is 1. The molecular weight excluding hydrogens is 1200 g/mol. The number of nitrogens with one attached hydrogen (secondary N) is 2. The van der Waals surface area contributed by atoms with E-state index in [2.05, 4.69) is 33.1 Å². The first kappa shape index (κ1) is 70.3. The number of aromatic hydroxyl groups is 1. The second kappa shape index (κ2) is 31.4. The summed E-state index contributed by atoms with van der Waals surface area (Å²) in [6.07, 6.45) is 2.93. The summed E-state index contributed by atoms with van der Waals surface area (Å²) in [5, 5.41) is 29.3. The Kier molecular flexibility index (Phi) is 25.7. The lowest BCUT2D eigenvalue weighted by Crippen LogP contribution is -2.53. The number of carbonyl (C=O) groups is 9. The number of carbonyl (C=O) groups excluding carboxylic acids is 9. The molecule has 3 heterocycles. The smallest absolute Gasteiger partial charge is 0.334 e. The van der Waals surface area contributed by atoms with Gasteiger partial charge >= 0.3 is 23.9 Å². The SMILES string of the molecule is C=C(CBr)C(=O)OCCCCCC(=O)C[C@H](C(=O)N[C@@H](CCCNC(N)=O)C(=O)Cc1ccc(C(=O)N(C)[C@@H](C)C(=O)O[C@H]2CC(=O)N(C)c3cc(cc(C)c3Cl)C/C(C)=C/C=C/[C@@H](OC)[C@]3(O)CC(=O)O[C@@H](C3)[C@@H](C)[C@@H]3O[C@@]23C)cc1O)C(C)C. The van der Waals surface area contributed by atoms with E-state index in [9.17, 15) is 53.4 Å². The molecule has 21 nitrogen and oxygen atoms in total. The van der Waals surface area contributed by atoms with Crippen LogP contribution in [0.5, 0.6) is 5.75 Å². The van der Waals surface area contributed by atoms with Crippen molar-refractivity contribution in [3.8, 4) is 5.75 Å². The number of fused-ring (bicyclic) bond motifs is 5. The second-order valence-corrected chi connectivity index (χ2v) is 24.4. The van der Waals surface area contributed by atoms with Gasteiger partial charge in [-0.05, 0) is 101 Å².